The summed E-state index contributed by atoms with van der Waals surface area (Å²) in [6.07, 6.45) is 4.42. The molecule has 2 aromatic rings. The first-order chi connectivity index (χ1) is 12.2. The summed E-state index contributed by atoms with van der Waals surface area (Å²) in [4.78, 5) is 13.6. The second kappa shape index (κ2) is 8.51. The van der Waals surface area contributed by atoms with Gasteiger partial charge in [0.2, 0.25) is 0 Å². The fourth-order valence-corrected chi connectivity index (χ4v) is 2.98. The maximum absolute atomic E-state index is 4.76. The zero-order valence-corrected chi connectivity index (χ0v) is 15.2. The smallest absolute Gasteiger partial charge is 0.194 e. The van der Waals surface area contributed by atoms with E-state index in [0.29, 0.717) is 6.54 Å². The summed E-state index contributed by atoms with van der Waals surface area (Å²) in [7, 11) is 4.03. The van der Waals surface area contributed by atoms with Crippen molar-refractivity contribution in [3.05, 3.63) is 59.8 Å². The first kappa shape index (κ1) is 17.3. The first-order valence-electron chi connectivity index (χ1n) is 8.92. The molecule has 0 amide bonds. The highest BCUT2D eigenvalue weighted by Crippen LogP contribution is 2.18. The van der Waals surface area contributed by atoms with Crippen molar-refractivity contribution in [3.8, 4) is 0 Å². The van der Waals surface area contributed by atoms with Crippen LogP contribution in [-0.4, -0.2) is 43.0 Å². The lowest BCUT2D eigenvalue weighted by Gasteiger charge is -2.18. The maximum Gasteiger partial charge on any atom is 0.194 e. The van der Waals surface area contributed by atoms with E-state index in [-0.39, 0.29) is 0 Å². The quantitative estimate of drug-likeness (QED) is 0.673. The molecule has 1 saturated heterocycles. The Bertz CT molecular complexity index is 690. The molecular weight excluding hydrogens is 310 g/mol. The van der Waals surface area contributed by atoms with Crippen LogP contribution >= 0.6 is 0 Å². The van der Waals surface area contributed by atoms with Gasteiger partial charge in [0.1, 0.15) is 5.82 Å². The Morgan fingerprint density at radius 2 is 1.88 bits per heavy atom. The molecule has 1 fully saturated rings. The van der Waals surface area contributed by atoms with Crippen molar-refractivity contribution in [2.75, 3.05) is 32.1 Å². The third kappa shape index (κ3) is 4.95. The van der Waals surface area contributed by atoms with Crippen LogP contribution in [0, 0.1) is 0 Å². The molecular formula is C20H27N5. The number of nitrogens with one attached hydrogen (secondary N) is 1. The molecule has 5 nitrogen and oxygen atoms in total. The van der Waals surface area contributed by atoms with E-state index in [1.165, 1.54) is 24.0 Å². The summed E-state index contributed by atoms with van der Waals surface area (Å²) in [6.45, 7) is 3.65. The summed E-state index contributed by atoms with van der Waals surface area (Å²) in [6, 6.07) is 14.6. The van der Waals surface area contributed by atoms with Gasteiger partial charge in [-0.05, 0) is 36.1 Å². The molecule has 0 radical (unpaired) electrons. The van der Waals surface area contributed by atoms with Crippen molar-refractivity contribution in [2.24, 2.45) is 4.99 Å². The summed E-state index contributed by atoms with van der Waals surface area (Å²) in [5.41, 5.74) is 2.44. The van der Waals surface area contributed by atoms with Crippen LogP contribution in [0.3, 0.4) is 0 Å². The molecule has 2 heterocycles. The molecule has 5 heteroatoms. The summed E-state index contributed by atoms with van der Waals surface area (Å²) < 4.78 is 0. The molecule has 1 aliphatic heterocycles. The largest absolute Gasteiger partial charge is 0.357 e. The molecule has 132 valence electrons. The predicted octanol–water partition coefficient (Wildman–Crippen LogP) is 2.89. The molecule has 1 aromatic carbocycles. The fourth-order valence-electron chi connectivity index (χ4n) is 2.98. The molecule has 0 bridgehead atoms. The fraction of sp³-hybridized carbons (Fsp3) is 0.400. The number of hydrogen-bond acceptors (Lipinski definition) is 3. The van der Waals surface area contributed by atoms with Crippen molar-refractivity contribution in [1.29, 1.82) is 0 Å². The van der Waals surface area contributed by atoms with Gasteiger partial charge < -0.3 is 15.1 Å². The number of rotatable bonds is 5. The van der Waals surface area contributed by atoms with E-state index in [1.54, 1.807) is 0 Å². The molecule has 0 spiro atoms. The third-order valence-corrected chi connectivity index (χ3v) is 4.37. The van der Waals surface area contributed by atoms with Crippen LogP contribution in [0.25, 0.3) is 0 Å². The van der Waals surface area contributed by atoms with Gasteiger partial charge in [-0.15, -0.1) is 0 Å². The Hall–Kier alpha value is -2.56. The number of pyridine rings is 1. The standard InChI is InChI=1S/C20H27N5/c1-24(2)20(22-15-17-8-4-3-5-9-17)23-16-18-10-11-21-19(14-18)25-12-6-7-13-25/h3-5,8-11,14H,6-7,12-13,15-16H2,1-2H3,(H,22,23). The van der Waals surface area contributed by atoms with Crippen molar-refractivity contribution >= 4 is 11.8 Å². The minimum atomic E-state index is 0.651. The van der Waals surface area contributed by atoms with E-state index in [2.05, 4.69) is 45.5 Å². The van der Waals surface area contributed by atoms with Crippen LogP contribution in [0.5, 0.6) is 0 Å². The predicted molar refractivity (Wildman–Crippen MR) is 104 cm³/mol. The second-order valence-electron chi connectivity index (χ2n) is 6.59. The van der Waals surface area contributed by atoms with Gasteiger partial charge in [-0.3, -0.25) is 0 Å². The Labute approximate surface area is 150 Å². The lowest BCUT2D eigenvalue weighted by atomic mass is 10.2. The number of aliphatic imine (C=N–C) groups is 1. The molecule has 0 saturated carbocycles. The average molecular weight is 337 g/mol. The van der Waals surface area contributed by atoms with E-state index in [1.807, 2.05) is 37.3 Å². The van der Waals surface area contributed by atoms with Gasteiger partial charge in [-0.2, -0.15) is 0 Å². The van der Waals surface area contributed by atoms with Crippen molar-refractivity contribution < 1.29 is 0 Å². The number of aromatic nitrogens is 1. The SMILES string of the molecule is CN(C)C(=NCc1ccnc(N2CCCC2)c1)NCc1ccccc1. The van der Waals surface area contributed by atoms with Crippen molar-refractivity contribution in [1.82, 2.24) is 15.2 Å². The number of guanidine groups is 1. The lowest BCUT2D eigenvalue weighted by molar-refractivity contribution is 0.578. The maximum atomic E-state index is 4.76. The highest BCUT2D eigenvalue weighted by atomic mass is 15.3. The van der Waals surface area contributed by atoms with E-state index in [9.17, 15) is 0 Å². The molecule has 1 aromatic heterocycles. The molecule has 0 aliphatic carbocycles. The highest BCUT2D eigenvalue weighted by molar-refractivity contribution is 5.79. The van der Waals surface area contributed by atoms with Crippen molar-refractivity contribution in [2.45, 2.75) is 25.9 Å². The number of hydrogen-bond donors (Lipinski definition) is 1. The highest BCUT2D eigenvalue weighted by Gasteiger charge is 2.13. The minimum absolute atomic E-state index is 0.651. The zero-order chi connectivity index (χ0) is 17.5. The van der Waals surface area contributed by atoms with Crippen LogP contribution < -0.4 is 10.2 Å². The van der Waals surface area contributed by atoms with Gasteiger partial charge in [0, 0.05) is 39.9 Å². The lowest BCUT2D eigenvalue weighted by Crippen LogP contribution is -2.36. The third-order valence-electron chi connectivity index (χ3n) is 4.37. The van der Waals surface area contributed by atoms with E-state index >= 15 is 0 Å². The second-order valence-corrected chi connectivity index (χ2v) is 6.59. The van der Waals surface area contributed by atoms with Gasteiger partial charge in [-0.1, -0.05) is 30.3 Å². The van der Waals surface area contributed by atoms with Crippen molar-refractivity contribution in [3.63, 3.8) is 0 Å². The molecule has 1 aliphatic rings. The summed E-state index contributed by atoms with van der Waals surface area (Å²) in [5.74, 6) is 1.97. The Morgan fingerprint density at radius 3 is 2.60 bits per heavy atom. The van der Waals surface area contributed by atoms with E-state index in [4.69, 9.17) is 4.99 Å². The topological polar surface area (TPSA) is 43.8 Å². The van der Waals surface area contributed by atoms with Crippen LogP contribution in [0.15, 0.2) is 53.7 Å². The minimum Gasteiger partial charge on any atom is -0.357 e. The summed E-state index contributed by atoms with van der Waals surface area (Å²) in [5, 5.41) is 3.43. The molecule has 0 unspecified atom stereocenters. The Balaban J connectivity index is 1.64. The van der Waals surface area contributed by atoms with Crippen LogP contribution in [0.2, 0.25) is 0 Å². The van der Waals surface area contributed by atoms with Gasteiger partial charge >= 0.3 is 0 Å². The number of benzene rings is 1. The number of anilines is 1. The van der Waals surface area contributed by atoms with Crippen LogP contribution in [0.4, 0.5) is 5.82 Å². The van der Waals surface area contributed by atoms with Crippen LogP contribution in [-0.2, 0) is 13.1 Å². The van der Waals surface area contributed by atoms with Gasteiger partial charge in [0.25, 0.3) is 0 Å². The van der Waals surface area contributed by atoms with Gasteiger partial charge in [-0.25, -0.2) is 9.98 Å². The number of nitrogens with zero attached hydrogens (tertiary/aromatic N) is 4. The molecule has 25 heavy (non-hydrogen) atoms. The normalized spacial score (nSPS) is 14.6. The molecule has 0 atom stereocenters. The molecule has 3 rings (SSSR count). The first-order valence-corrected chi connectivity index (χ1v) is 8.92. The Morgan fingerprint density at radius 1 is 1.12 bits per heavy atom. The Kier molecular flexibility index (Phi) is 5.88. The zero-order valence-electron chi connectivity index (χ0n) is 15.2. The van der Waals surface area contributed by atoms with E-state index < -0.39 is 0 Å². The van der Waals surface area contributed by atoms with Gasteiger partial charge in [0.05, 0.1) is 6.54 Å². The van der Waals surface area contributed by atoms with E-state index in [0.717, 1.165) is 31.4 Å². The monoisotopic (exact) mass is 337 g/mol. The van der Waals surface area contributed by atoms with Crippen LogP contribution in [0.1, 0.15) is 24.0 Å². The average Bonchev–Trinajstić information content (AvgIpc) is 3.17. The summed E-state index contributed by atoms with van der Waals surface area (Å²) >= 11 is 0. The molecule has 1 N–H and O–H groups in total. The van der Waals surface area contributed by atoms with Gasteiger partial charge in [0.15, 0.2) is 5.96 Å².